The van der Waals surface area contributed by atoms with E-state index in [0.717, 1.165) is 6.07 Å². The SMILES string of the molecule is CCOc1c(OC(C)C)cc(C(=O)Nc2ccc(C=O)c(F)c2)cc1OC(C)C. The lowest BCUT2D eigenvalue weighted by Crippen LogP contribution is -2.16. The van der Waals surface area contributed by atoms with Crippen LogP contribution in [0.25, 0.3) is 0 Å². The summed E-state index contributed by atoms with van der Waals surface area (Å²) in [6, 6.07) is 6.97. The van der Waals surface area contributed by atoms with Crippen LogP contribution in [0.1, 0.15) is 55.3 Å². The summed E-state index contributed by atoms with van der Waals surface area (Å²) < 4.78 is 31.2. The van der Waals surface area contributed by atoms with E-state index in [9.17, 15) is 14.0 Å². The van der Waals surface area contributed by atoms with Gasteiger partial charge in [-0.05, 0) is 65.0 Å². The van der Waals surface area contributed by atoms with Crippen LogP contribution in [-0.4, -0.2) is 31.0 Å². The highest BCUT2D eigenvalue weighted by Gasteiger charge is 2.20. The molecule has 0 heterocycles. The lowest BCUT2D eigenvalue weighted by atomic mass is 10.1. The molecule has 0 bridgehead atoms. The quantitative estimate of drug-likeness (QED) is 0.605. The summed E-state index contributed by atoms with van der Waals surface area (Å²) in [5.74, 6) is -0.00114. The number of rotatable bonds is 9. The van der Waals surface area contributed by atoms with E-state index in [1.165, 1.54) is 12.1 Å². The Labute approximate surface area is 170 Å². The summed E-state index contributed by atoms with van der Waals surface area (Å²) in [5.41, 5.74) is 0.411. The first-order valence-electron chi connectivity index (χ1n) is 9.45. The Morgan fingerprint density at radius 1 is 1.07 bits per heavy atom. The highest BCUT2D eigenvalue weighted by Crippen LogP contribution is 2.40. The first-order chi connectivity index (χ1) is 13.7. The second-order valence-electron chi connectivity index (χ2n) is 6.88. The molecule has 29 heavy (non-hydrogen) atoms. The fraction of sp³-hybridized carbons (Fsp3) is 0.364. The van der Waals surface area contributed by atoms with E-state index >= 15 is 0 Å². The third-order valence-corrected chi connectivity index (χ3v) is 3.68. The number of benzene rings is 2. The molecule has 2 rings (SSSR count). The van der Waals surface area contributed by atoms with Crippen molar-refractivity contribution < 1.29 is 28.2 Å². The highest BCUT2D eigenvalue weighted by molar-refractivity contribution is 6.05. The number of hydrogen-bond donors (Lipinski definition) is 1. The van der Waals surface area contributed by atoms with Crippen molar-refractivity contribution in [3.05, 3.63) is 47.3 Å². The predicted molar refractivity (Wildman–Crippen MR) is 109 cm³/mol. The molecule has 0 spiro atoms. The Kier molecular flexibility index (Phi) is 7.59. The van der Waals surface area contributed by atoms with Gasteiger partial charge in [-0.1, -0.05) is 0 Å². The molecule has 6 nitrogen and oxygen atoms in total. The van der Waals surface area contributed by atoms with Gasteiger partial charge in [-0.3, -0.25) is 9.59 Å². The van der Waals surface area contributed by atoms with Crippen LogP contribution in [0.4, 0.5) is 10.1 Å². The summed E-state index contributed by atoms with van der Waals surface area (Å²) in [6.07, 6.45) is 0.118. The molecule has 7 heteroatoms. The van der Waals surface area contributed by atoms with E-state index < -0.39 is 11.7 Å². The third kappa shape index (κ3) is 5.94. The molecule has 156 valence electrons. The maximum absolute atomic E-state index is 13.8. The van der Waals surface area contributed by atoms with Crippen LogP contribution in [0.3, 0.4) is 0 Å². The molecular weight excluding hydrogens is 377 g/mol. The molecule has 0 saturated heterocycles. The van der Waals surface area contributed by atoms with Gasteiger partial charge < -0.3 is 19.5 Å². The summed E-state index contributed by atoms with van der Waals surface area (Å²) in [6.45, 7) is 9.70. The number of amides is 1. The molecule has 0 aliphatic rings. The number of carbonyl (C=O) groups is 2. The fourth-order valence-corrected chi connectivity index (χ4v) is 2.58. The van der Waals surface area contributed by atoms with Crippen molar-refractivity contribution >= 4 is 17.9 Å². The van der Waals surface area contributed by atoms with Crippen LogP contribution < -0.4 is 19.5 Å². The minimum Gasteiger partial charge on any atom is -0.487 e. The van der Waals surface area contributed by atoms with Gasteiger partial charge in [0, 0.05) is 11.3 Å². The normalized spacial score (nSPS) is 10.8. The minimum atomic E-state index is -0.711. The van der Waals surface area contributed by atoms with Crippen molar-refractivity contribution in [2.45, 2.75) is 46.8 Å². The second kappa shape index (κ2) is 9.91. The maximum Gasteiger partial charge on any atom is 0.255 e. The van der Waals surface area contributed by atoms with Gasteiger partial charge in [-0.15, -0.1) is 0 Å². The summed E-state index contributed by atoms with van der Waals surface area (Å²) in [7, 11) is 0. The maximum atomic E-state index is 13.8. The van der Waals surface area contributed by atoms with Gasteiger partial charge in [0.25, 0.3) is 5.91 Å². The molecule has 0 aliphatic carbocycles. The topological polar surface area (TPSA) is 73.9 Å². The molecular formula is C22H26FNO5. The van der Waals surface area contributed by atoms with Crippen molar-refractivity contribution in [3.8, 4) is 17.2 Å². The van der Waals surface area contributed by atoms with Gasteiger partial charge in [-0.25, -0.2) is 4.39 Å². The van der Waals surface area contributed by atoms with Crippen LogP contribution in [-0.2, 0) is 0 Å². The molecule has 0 atom stereocenters. The van der Waals surface area contributed by atoms with Gasteiger partial charge in [0.15, 0.2) is 17.8 Å². The number of carbonyl (C=O) groups excluding carboxylic acids is 2. The van der Waals surface area contributed by atoms with E-state index in [0.29, 0.717) is 30.1 Å². The Hall–Kier alpha value is -3.09. The van der Waals surface area contributed by atoms with Gasteiger partial charge in [-0.2, -0.15) is 0 Å². The summed E-state index contributed by atoms with van der Waals surface area (Å²) >= 11 is 0. The van der Waals surface area contributed by atoms with Crippen LogP contribution >= 0.6 is 0 Å². The van der Waals surface area contributed by atoms with E-state index in [2.05, 4.69) is 5.32 Å². The van der Waals surface area contributed by atoms with Crippen LogP contribution in [0.2, 0.25) is 0 Å². The van der Waals surface area contributed by atoms with E-state index in [1.807, 2.05) is 34.6 Å². The standard InChI is InChI=1S/C22H26FNO5/c1-6-27-21-19(28-13(2)3)9-16(10-20(21)29-14(4)5)22(26)24-17-8-7-15(12-25)18(23)11-17/h7-14H,6H2,1-5H3,(H,24,26). The average molecular weight is 403 g/mol. The zero-order valence-electron chi connectivity index (χ0n) is 17.2. The molecule has 0 saturated carbocycles. The number of aldehydes is 1. The third-order valence-electron chi connectivity index (χ3n) is 3.68. The lowest BCUT2D eigenvalue weighted by molar-refractivity contribution is 0.102. The molecule has 1 amide bonds. The van der Waals surface area contributed by atoms with Crippen molar-refractivity contribution in [1.82, 2.24) is 0 Å². The van der Waals surface area contributed by atoms with Gasteiger partial charge in [0.1, 0.15) is 5.82 Å². The summed E-state index contributed by atoms with van der Waals surface area (Å²) in [4.78, 5) is 23.5. The average Bonchev–Trinajstić information content (AvgIpc) is 2.63. The van der Waals surface area contributed by atoms with Gasteiger partial charge >= 0.3 is 0 Å². The Morgan fingerprint density at radius 2 is 1.66 bits per heavy atom. The van der Waals surface area contributed by atoms with E-state index in [1.54, 1.807) is 12.1 Å². The van der Waals surface area contributed by atoms with Crippen molar-refractivity contribution in [2.75, 3.05) is 11.9 Å². The summed E-state index contributed by atoms with van der Waals surface area (Å²) in [5, 5.41) is 2.62. The molecule has 0 radical (unpaired) electrons. The van der Waals surface area contributed by atoms with Crippen molar-refractivity contribution in [3.63, 3.8) is 0 Å². The minimum absolute atomic E-state index is 0.0793. The smallest absolute Gasteiger partial charge is 0.255 e. The largest absolute Gasteiger partial charge is 0.487 e. The predicted octanol–water partition coefficient (Wildman–Crippen LogP) is 4.86. The highest BCUT2D eigenvalue weighted by atomic mass is 19.1. The Morgan fingerprint density at radius 3 is 2.10 bits per heavy atom. The molecule has 0 unspecified atom stereocenters. The van der Waals surface area contributed by atoms with Gasteiger partial charge in [0.2, 0.25) is 5.75 Å². The second-order valence-corrected chi connectivity index (χ2v) is 6.88. The zero-order chi connectivity index (χ0) is 21.6. The monoisotopic (exact) mass is 403 g/mol. The Bertz CT molecular complexity index is 848. The number of hydrogen-bond acceptors (Lipinski definition) is 5. The molecule has 1 N–H and O–H groups in total. The van der Waals surface area contributed by atoms with Crippen molar-refractivity contribution in [1.29, 1.82) is 0 Å². The van der Waals surface area contributed by atoms with Crippen LogP contribution in [0.15, 0.2) is 30.3 Å². The Balaban J connectivity index is 2.42. The zero-order valence-corrected chi connectivity index (χ0v) is 17.2. The number of nitrogens with one attached hydrogen (secondary N) is 1. The first kappa shape index (κ1) is 22.2. The van der Waals surface area contributed by atoms with Crippen LogP contribution in [0, 0.1) is 5.82 Å². The molecule has 2 aromatic carbocycles. The first-order valence-corrected chi connectivity index (χ1v) is 9.45. The van der Waals surface area contributed by atoms with Crippen molar-refractivity contribution in [2.24, 2.45) is 0 Å². The molecule has 0 fully saturated rings. The van der Waals surface area contributed by atoms with E-state index in [-0.39, 0.29) is 29.0 Å². The molecule has 2 aromatic rings. The number of halogens is 1. The lowest BCUT2D eigenvalue weighted by Gasteiger charge is -2.20. The number of anilines is 1. The molecule has 0 aliphatic heterocycles. The molecule has 0 aromatic heterocycles. The van der Waals surface area contributed by atoms with E-state index in [4.69, 9.17) is 14.2 Å². The van der Waals surface area contributed by atoms with Crippen LogP contribution in [0.5, 0.6) is 17.2 Å². The number of ether oxygens (including phenoxy) is 3. The van der Waals surface area contributed by atoms with Gasteiger partial charge in [0.05, 0.1) is 24.4 Å². The fourth-order valence-electron chi connectivity index (χ4n) is 2.58.